The van der Waals surface area contributed by atoms with Crippen LogP contribution in [-0.4, -0.2) is 14.9 Å². The van der Waals surface area contributed by atoms with Gasteiger partial charge < -0.3 is 10.6 Å². The lowest BCUT2D eigenvalue weighted by Gasteiger charge is -2.13. The van der Waals surface area contributed by atoms with Crippen molar-refractivity contribution in [2.24, 2.45) is 0 Å². The number of benzene rings is 2. The molecule has 1 heterocycles. The lowest BCUT2D eigenvalue weighted by molar-refractivity contribution is 0.659. The van der Waals surface area contributed by atoms with Gasteiger partial charge in [-0.15, -0.1) is 0 Å². The molecule has 0 aliphatic heterocycles. The summed E-state index contributed by atoms with van der Waals surface area (Å²) >= 11 is 5.44. The minimum atomic E-state index is 0.588. The molecule has 3 rings (SSSR count). The minimum Gasteiger partial charge on any atom is -0.332 e. The molecule has 0 unspecified atom stereocenters. The molecule has 134 valence electrons. The first-order valence-electron chi connectivity index (χ1n) is 8.66. The van der Waals surface area contributed by atoms with Gasteiger partial charge in [0.25, 0.3) is 0 Å². The molecule has 0 spiro atoms. The van der Waals surface area contributed by atoms with E-state index in [1.807, 2.05) is 23.7 Å². The van der Waals surface area contributed by atoms with Crippen LogP contribution in [0.5, 0.6) is 0 Å². The number of aryl methyl sites for hydroxylation is 4. The van der Waals surface area contributed by atoms with Gasteiger partial charge in [0, 0.05) is 17.1 Å². The van der Waals surface area contributed by atoms with Crippen LogP contribution >= 0.6 is 12.2 Å². The van der Waals surface area contributed by atoms with Crippen LogP contribution in [-0.2, 0) is 6.54 Å². The molecule has 0 aliphatic rings. The van der Waals surface area contributed by atoms with Gasteiger partial charge in [0.2, 0.25) is 0 Å². The SMILES string of the molecule is Cc1ccc(C)c(NC(=S)Nc2ccc(Cn3nc(C)cc3C)cc2)c1. The zero-order chi connectivity index (χ0) is 18.7. The van der Waals surface area contributed by atoms with E-state index in [4.69, 9.17) is 12.2 Å². The Kier molecular flexibility index (Phi) is 5.38. The Hall–Kier alpha value is -2.66. The highest BCUT2D eigenvalue weighted by Gasteiger charge is 2.04. The number of aromatic nitrogens is 2. The first-order valence-corrected chi connectivity index (χ1v) is 9.07. The van der Waals surface area contributed by atoms with Gasteiger partial charge in [0.1, 0.15) is 0 Å². The highest BCUT2D eigenvalue weighted by molar-refractivity contribution is 7.80. The third kappa shape index (κ3) is 4.49. The molecule has 3 aromatic rings. The molecule has 2 aromatic carbocycles. The summed E-state index contributed by atoms with van der Waals surface area (Å²) in [4.78, 5) is 0. The van der Waals surface area contributed by atoms with Gasteiger partial charge in [-0.2, -0.15) is 5.10 Å². The summed E-state index contributed by atoms with van der Waals surface area (Å²) < 4.78 is 2.02. The van der Waals surface area contributed by atoms with Gasteiger partial charge in [0.15, 0.2) is 5.11 Å². The van der Waals surface area contributed by atoms with Crippen molar-refractivity contribution in [2.45, 2.75) is 34.2 Å². The summed E-state index contributed by atoms with van der Waals surface area (Å²) in [5.41, 5.74) is 7.78. The third-order valence-electron chi connectivity index (χ3n) is 4.29. The van der Waals surface area contributed by atoms with E-state index in [0.717, 1.165) is 23.6 Å². The van der Waals surface area contributed by atoms with E-state index >= 15 is 0 Å². The molecule has 26 heavy (non-hydrogen) atoms. The lowest BCUT2D eigenvalue weighted by Crippen LogP contribution is -2.19. The number of hydrogen-bond donors (Lipinski definition) is 2. The molecule has 1 aromatic heterocycles. The van der Waals surface area contributed by atoms with E-state index in [2.05, 4.69) is 72.9 Å². The second-order valence-corrected chi connectivity index (χ2v) is 7.09. The third-order valence-corrected chi connectivity index (χ3v) is 4.49. The van der Waals surface area contributed by atoms with Gasteiger partial charge in [-0.1, -0.05) is 24.3 Å². The van der Waals surface area contributed by atoms with Gasteiger partial charge in [-0.3, -0.25) is 4.68 Å². The van der Waals surface area contributed by atoms with E-state index in [-0.39, 0.29) is 0 Å². The summed E-state index contributed by atoms with van der Waals surface area (Å²) in [7, 11) is 0. The number of hydrogen-bond acceptors (Lipinski definition) is 2. The second-order valence-electron chi connectivity index (χ2n) is 6.68. The van der Waals surface area contributed by atoms with Crippen molar-refractivity contribution in [1.29, 1.82) is 0 Å². The summed E-state index contributed by atoms with van der Waals surface area (Å²) in [5.74, 6) is 0. The van der Waals surface area contributed by atoms with Crippen molar-refractivity contribution in [3.63, 3.8) is 0 Å². The van der Waals surface area contributed by atoms with Crippen molar-refractivity contribution in [1.82, 2.24) is 9.78 Å². The number of thiocarbonyl (C=S) groups is 1. The van der Waals surface area contributed by atoms with Crippen LogP contribution in [0.1, 0.15) is 28.1 Å². The summed E-state index contributed by atoms with van der Waals surface area (Å²) in [5, 5.41) is 11.6. The molecule has 0 amide bonds. The molecule has 0 saturated heterocycles. The molecule has 0 fully saturated rings. The maximum Gasteiger partial charge on any atom is 0.175 e. The Morgan fingerprint density at radius 3 is 2.35 bits per heavy atom. The molecular formula is C21H24N4S. The minimum absolute atomic E-state index is 0.588. The van der Waals surface area contributed by atoms with Crippen LogP contribution in [0.15, 0.2) is 48.5 Å². The smallest absolute Gasteiger partial charge is 0.175 e. The summed E-state index contributed by atoms with van der Waals surface area (Å²) in [6, 6.07) is 16.6. The van der Waals surface area contributed by atoms with Crippen molar-refractivity contribution in [2.75, 3.05) is 10.6 Å². The Balaban J connectivity index is 1.62. The van der Waals surface area contributed by atoms with Gasteiger partial charge >= 0.3 is 0 Å². The standard InChI is InChI=1S/C21H24N4S/c1-14-5-6-15(2)20(11-14)23-21(26)22-19-9-7-18(8-10-19)13-25-17(4)12-16(3)24-25/h5-12H,13H2,1-4H3,(H2,22,23,26). The molecular weight excluding hydrogens is 340 g/mol. The fraction of sp³-hybridized carbons (Fsp3) is 0.238. The topological polar surface area (TPSA) is 41.9 Å². The number of rotatable bonds is 4. The van der Waals surface area contributed by atoms with Crippen LogP contribution in [0, 0.1) is 27.7 Å². The maximum atomic E-state index is 5.44. The monoisotopic (exact) mass is 364 g/mol. The average Bonchev–Trinajstić information content (AvgIpc) is 2.90. The van der Waals surface area contributed by atoms with Gasteiger partial charge in [0.05, 0.1) is 12.2 Å². The summed E-state index contributed by atoms with van der Waals surface area (Å²) in [6.45, 7) is 9.00. The Labute approximate surface area is 160 Å². The van der Waals surface area contributed by atoms with E-state index in [1.54, 1.807) is 0 Å². The molecule has 0 bridgehead atoms. The fourth-order valence-electron chi connectivity index (χ4n) is 2.86. The molecule has 0 saturated carbocycles. The van der Waals surface area contributed by atoms with Crippen LogP contribution in [0.2, 0.25) is 0 Å². The van der Waals surface area contributed by atoms with Gasteiger partial charge in [-0.25, -0.2) is 0 Å². The van der Waals surface area contributed by atoms with Crippen LogP contribution in [0.25, 0.3) is 0 Å². The lowest BCUT2D eigenvalue weighted by atomic mass is 10.1. The molecule has 5 heteroatoms. The zero-order valence-electron chi connectivity index (χ0n) is 15.6. The molecule has 0 radical (unpaired) electrons. The van der Waals surface area contributed by atoms with Crippen molar-refractivity contribution >= 4 is 28.7 Å². The van der Waals surface area contributed by atoms with Crippen LogP contribution < -0.4 is 10.6 Å². The Morgan fingerprint density at radius 1 is 0.962 bits per heavy atom. The van der Waals surface area contributed by atoms with E-state index in [1.165, 1.54) is 22.4 Å². The predicted octanol–water partition coefficient (Wildman–Crippen LogP) is 4.97. The fourth-order valence-corrected chi connectivity index (χ4v) is 3.08. The molecule has 2 N–H and O–H groups in total. The Morgan fingerprint density at radius 2 is 1.69 bits per heavy atom. The van der Waals surface area contributed by atoms with Gasteiger partial charge in [-0.05, 0) is 80.9 Å². The van der Waals surface area contributed by atoms with E-state index < -0.39 is 0 Å². The normalized spacial score (nSPS) is 10.6. The number of anilines is 2. The first kappa shape index (κ1) is 18.1. The average molecular weight is 365 g/mol. The van der Waals surface area contributed by atoms with Crippen molar-refractivity contribution in [3.8, 4) is 0 Å². The quantitative estimate of drug-likeness (QED) is 0.641. The highest BCUT2D eigenvalue weighted by atomic mass is 32.1. The molecule has 0 aliphatic carbocycles. The van der Waals surface area contributed by atoms with E-state index in [0.29, 0.717) is 5.11 Å². The summed E-state index contributed by atoms with van der Waals surface area (Å²) in [6.07, 6.45) is 0. The molecule has 4 nitrogen and oxygen atoms in total. The van der Waals surface area contributed by atoms with Crippen molar-refractivity contribution < 1.29 is 0 Å². The Bertz CT molecular complexity index is 926. The maximum absolute atomic E-state index is 5.44. The number of nitrogens with zero attached hydrogens (tertiary/aromatic N) is 2. The number of nitrogens with one attached hydrogen (secondary N) is 2. The largest absolute Gasteiger partial charge is 0.332 e. The van der Waals surface area contributed by atoms with Crippen molar-refractivity contribution in [3.05, 3.63) is 76.6 Å². The van der Waals surface area contributed by atoms with Crippen LogP contribution in [0.4, 0.5) is 11.4 Å². The zero-order valence-corrected chi connectivity index (χ0v) is 16.4. The van der Waals surface area contributed by atoms with E-state index in [9.17, 15) is 0 Å². The predicted molar refractivity (Wildman–Crippen MR) is 113 cm³/mol. The second kappa shape index (κ2) is 7.70. The molecule has 0 atom stereocenters. The highest BCUT2D eigenvalue weighted by Crippen LogP contribution is 2.17. The van der Waals surface area contributed by atoms with Crippen LogP contribution in [0.3, 0.4) is 0 Å². The first-order chi connectivity index (χ1) is 12.4.